The molecule has 0 aliphatic carbocycles. The first-order valence-electron chi connectivity index (χ1n) is 22.4. The van der Waals surface area contributed by atoms with Gasteiger partial charge in [-0.15, -0.1) is 0 Å². The Kier molecular flexibility index (Phi) is 41.7. The van der Waals surface area contributed by atoms with Crippen molar-refractivity contribution in [3.05, 3.63) is 109 Å². The molecular formula is C51H80O6. The predicted octanol–water partition coefficient (Wildman–Crippen LogP) is 14.4. The fourth-order valence-corrected chi connectivity index (χ4v) is 5.42. The van der Waals surface area contributed by atoms with E-state index in [1.54, 1.807) is 0 Å². The molecule has 1 unspecified atom stereocenters. The topological polar surface area (TPSA) is 78.9 Å². The summed E-state index contributed by atoms with van der Waals surface area (Å²) in [7, 11) is 0. The number of allylic oxidation sites excluding steroid dienone is 18. The smallest absolute Gasteiger partial charge is 0.306 e. The third-order valence-corrected chi connectivity index (χ3v) is 8.76. The van der Waals surface area contributed by atoms with Crippen LogP contribution in [0.15, 0.2) is 109 Å². The van der Waals surface area contributed by atoms with Gasteiger partial charge in [-0.1, -0.05) is 162 Å². The number of ether oxygens (including phenoxy) is 3. The number of hydrogen-bond donors (Lipinski definition) is 0. The summed E-state index contributed by atoms with van der Waals surface area (Å²) in [6.45, 7) is 6.21. The number of unbranched alkanes of at least 4 members (excludes halogenated alkanes) is 9. The van der Waals surface area contributed by atoms with Crippen molar-refractivity contribution in [1.29, 1.82) is 0 Å². The zero-order valence-corrected chi connectivity index (χ0v) is 36.3. The van der Waals surface area contributed by atoms with Crippen LogP contribution in [0, 0.1) is 0 Å². The summed E-state index contributed by atoms with van der Waals surface area (Å²) >= 11 is 0. The van der Waals surface area contributed by atoms with Crippen LogP contribution in [0.4, 0.5) is 0 Å². The van der Waals surface area contributed by atoms with Gasteiger partial charge in [-0.3, -0.25) is 14.4 Å². The van der Waals surface area contributed by atoms with E-state index in [0.29, 0.717) is 19.3 Å². The van der Waals surface area contributed by atoms with E-state index in [1.807, 2.05) is 12.2 Å². The zero-order valence-electron chi connectivity index (χ0n) is 36.3. The van der Waals surface area contributed by atoms with Crippen molar-refractivity contribution in [2.24, 2.45) is 0 Å². The second kappa shape index (κ2) is 44.8. The molecule has 6 heteroatoms. The minimum Gasteiger partial charge on any atom is -0.462 e. The summed E-state index contributed by atoms with van der Waals surface area (Å²) in [6.07, 6.45) is 59.5. The lowest BCUT2D eigenvalue weighted by Crippen LogP contribution is -2.30. The Bertz CT molecular complexity index is 1230. The highest BCUT2D eigenvalue weighted by atomic mass is 16.6. The standard InChI is InChI=1S/C51H80O6/c1-4-7-10-13-16-19-21-22-23-24-25-26-27-28-30-32-35-38-41-44-50(53)56-47-48(46-55-49(52)43-40-37-34-31-18-15-12-9-6-3)57-51(54)45-42-39-36-33-29-20-17-14-11-8-5-2/h7,9-10,12,14,16-19,22-23,25-26,28,30-31,35,38,48H,4-6,8,11,13,15,20-21,24,27,29,32-34,36-37,39-47H2,1-3H3/b10-7-,12-9-,17-14-,19-16-,23-22-,26-25-,30-28-,31-18-,38-35-. The van der Waals surface area contributed by atoms with Gasteiger partial charge in [-0.25, -0.2) is 0 Å². The van der Waals surface area contributed by atoms with Crippen LogP contribution in [0.5, 0.6) is 0 Å². The van der Waals surface area contributed by atoms with Crippen molar-refractivity contribution in [1.82, 2.24) is 0 Å². The SMILES string of the molecule is CC/C=C\C/C=C\C/C=C\C/C=C\C/C=C\C/C=C\CCC(=O)OCC(COC(=O)CCCC/C=C\C/C=C\CC)OC(=O)CCCCCCC/C=C\CCCC. The van der Waals surface area contributed by atoms with Gasteiger partial charge in [0, 0.05) is 19.3 Å². The zero-order chi connectivity index (χ0) is 41.5. The molecule has 0 heterocycles. The second-order valence-corrected chi connectivity index (χ2v) is 14.2. The molecule has 57 heavy (non-hydrogen) atoms. The molecule has 0 radical (unpaired) electrons. The van der Waals surface area contributed by atoms with Gasteiger partial charge in [0.15, 0.2) is 6.10 Å². The van der Waals surface area contributed by atoms with E-state index < -0.39 is 6.10 Å². The van der Waals surface area contributed by atoms with Gasteiger partial charge in [0.25, 0.3) is 0 Å². The first-order chi connectivity index (χ1) is 28.0. The molecule has 1 atom stereocenters. The maximum absolute atomic E-state index is 12.7. The molecule has 0 spiro atoms. The highest BCUT2D eigenvalue weighted by Gasteiger charge is 2.19. The molecule has 0 aromatic rings. The predicted molar refractivity (Wildman–Crippen MR) is 242 cm³/mol. The maximum Gasteiger partial charge on any atom is 0.306 e. The second-order valence-electron chi connectivity index (χ2n) is 14.2. The molecule has 0 saturated heterocycles. The minimum absolute atomic E-state index is 0.125. The van der Waals surface area contributed by atoms with Gasteiger partial charge >= 0.3 is 17.9 Å². The Morgan fingerprint density at radius 3 is 1.23 bits per heavy atom. The summed E-state index contributed by atoms with van der Waals surface area (Å²) in [4.78, 5) is 37.6. The summed E-state index contributed by atoms with van der Waals surface area (Å²) < 4.78 is 16.5. The highest BCUT2D eigenvalue weighted by Crippen LogP contribution is 2.11. The molecule has 0 aromatic carbocycles. The minimum atomic E-state index is -0.824. The highest BCUT2D eigenvalue weighted by molar-refractivity contribution is 5.71. The van der Waals surface area contributed by atoms with Crippen molar-refractivity contribution in [3.8, 4) is 0 Å². The average Bonchev–Trinajstić information content (AvgIpc) is 3.21. The molecule has 0 aliphatic rings. The Morgan fingerprint density at radius 2 is 0.719 bits per heavy atom. The third-order valence-electron chi connectivity index (χ3n) is 8.76. The largest absolute Gasteiger partial charge is 0.462 e. The summed E-state index contributed by atoms with van der Waals surface area (Å²) in [5.41, 5.74) is 0. The van der Waals surface area contributed by atoms with Crippen LogP contribution in [0.25, 0.3) is 0 Å². The lowest BCUT2D eigenvalue weighted by Gasteiger charge is -2.18. The lowest BCUT2D eigenvalue weighted by atomic mass is 10.1. The van der Waals surface area contributed by atoms with Crippen LogP contribution in [-0.4, -0.2) is 37.2 Å². The van der Waals surface area contributed by atoms with Gasteiger partial charge in [0.1, 0.15) is 13.2 Å². The van der Waals surface area contributed by atoms with E-state index in [9.17, 15) is 14.4 Å². The maximum atomic E-state index is 12.7. The normalized spacial score (nSPS) is 13.1. The number of carbonyl (C=O) groups excluding carboxylic acids is 3. The Morgan fingerprint density at radius 1 is 0.368 bits per heavy atom. The van der Waals surface area contributed by atoms with Crippen LogP contribution in [-0.2, 0) is 28.6 Å². The third kappa shape index (κ3) is 43.0. The van der Waals surface area contributed by atoms with Crippen LogP contribution in [0.3, 0.4) is 0 Å². The van der Waals surface area contributed by atoms with E-state index in [0.717, 1.165) is 109 Å². The molecule has 0 fully saturated rings. The van der Waals surface area contributed by atoms with E-state index in [1.165, 1.54) is 19.3 Å². The van der Waals surface area contributed by atoms with Crippen molar-refractivity contribution in [2.75, 3.05) is 13.2 Å². The number of esters is 3. The molecule has 0 N–H and O–H groups in total. The van der Waals surface area contributed by atoms with E-state index >= 15 is 0 Å². The van der Waals surface area contributed by atoms with Gasteiger partial charge in [0.2, 0.25) is 0 Å². The summed E-state index contributed by atoms with van der Waals surface area (Å²) in [5, 5.41) is 0. The number of carbonyl (C=O) groups is 3. The number of hydrogen-bond acceptors (Lipinski definition) is 6. The van der Waals surface area contributed by atoms with Crippen LogP contribution < -0.4 is 0 Å². The average molecular weight is 789 g/mol. The molecule has 0 aromatic heterocycles. The fraction of sp³-hybridized carbons (Fsp3) is 0.588. The van der Waals surface area contributed by atoms with Crippen molar-refractivity contribution < 1.29 is 28.6 Å². The van der Waals surface area contributed by atoms with Gasteiger partial charge < -0.3 is 14.2 Å². The number of rotatable bonds is 38. The van der Waals surface area contributed by atoms with E-state index in [4.69, 9.17) is 14.2 Å². The first kappa shape index (κ1) is 53.1. The van der Waals surface area contributed by atoms with Crippen molar-refractivity contribution in [2.45, 2.75) is 181 Å². The van der Waals surface area contributed by atoms with E-state index in [-0.39, 0.29) is 37.5 Å². The van der Waals surface area contributed by atoms with Crippen molar-refractivity contribution >= 4 is 17.9 Å². The fourth-order valence-electron chi connectivity index (χ4n) is 5.42. The molecule has 0 rings (SSSR count). The molecule has 6 nitrogen and oxygen atoms in total. The van der Waals surface area contributed by atoms with Crippen LogP contribution in [0.2, 0.25) is 0 Å². The molecule has 0 bridgehead atoms. The molecule has 0 amide bonds. The van der Waals surface area contributed by atoms with E-state index in [2.05, 4.69) is 118 Å². The van der Waals surface area contributed by atoms with Crippen LogP contribution >= 0.6 is 0 Å². The lowest BCUT2D eigenvalue weighted by molar-refractivity contribution is -0.166. The van der Waals surface area contributed by atoms with Gasteiger partial charge in [-0.2, -0.15) is 0 Å². The molecular weight excluding hydrogens is 709 g/mol. The van der Waals surface area contributed by atoms with Gasteiger partial charge in [-0.05, 0) is 103 Å². The Labute approximate surface area is 349 Å². The summed E-state index contributed by atoms with van der Waals surface area (Å²) in [5.74, 6) is -1.07. The Balaban J connectivity index is 4.51. The molecule has 0 aliphatic heterocycles. The quantitative estimate of drug-likeness (QED) is 0.0268. The first-order valence-corrected chi connectivity index (χ1v) is 22.4. The summed E-state index contributed by atoms with van der Waals surface area (Å²) in [6, 6.07) is 0. The monoisotopic (exact) mass is 789 g/mol. The molecule has 0 saturated carbocycles. The van der Waals surface area contributed by atoms with Crippen LogP contribution in [0.1, 0.15) is 175 Å². The Hall–Kier alpha value is -3.93. The van der Waals surface area contributed by atoms with Crippen molar-refractivity contribution in [3.63, 3.8) is 0 Å². The molecule has 320 valence electrons. The van der Waals surface area contributed by atoms with Gasteiger partial charge in [0.05, 0.1) is 0 Å².